The number of aromatic nitrogens is 2. The Morgan fingerprint density at radius 2 is 2.11 bits per heavy atom. The summed E-state index contributed by atoms with van der Waals surface area (Å²) in [6, 6.07) is 4.07. The Balaban J connectivity index is 1.77. The summed E-state index contributed by atoms with van der Waals surface area (Å²) >= 11 is 1.73. The van der Waals surface area contributed by atoms with Crippen molar-refractivity contribution in [1.82, 2.24) is 9.97 Å². The molecule has 2 aromatic rings. The molecule has 1 fully saturated rings. The third-order valence-electron chi connectivity index (χ3n) is 3.36. The van der Waals surface area contributed by atoms with Crippen molar-refractivity contribution in [1.29, 1.82) is 0 Å². The van der Waals surface area contributed by atoms with Crippen LogP contribution in [0.4, 0.5) is 5.13 Å². The van der Waals surface area contributed by atoms with Gasteiger partial charge in [-0.1, -0.05) is 0 Å². The van der Waals surface area contributed by atoms with Gasteiger partial charge in [-0.2, -0.15) is 0 Å². The number of hydrogen-bond donors (Lipinski definition) is 1. The fourth-order valence-electron chi connectivity index (χ4n) is 2.17. The predicted octanol–water partition coefficient (Wildman–Crippen LogP) is 2.51. The number of nitrogens with two attached hydrogens (primary N) is 1. The summed E-state index contributed by atoms with van der Waals surface area (Å²) in [7, 11) is 2.08. The lowest BCUT2D eigenvalue weighted by Gasteiger charge is -2.15. The molecule has 0 bridgehead atoms. The molecule has 2 N–H and O–H groups in total. The molecule has 0 spiro atoms. The molecule has 2 heterocycles. The highest BCUT2D eigenvalue weighted by Crippen LogP contribution is 2.44. The molecule has 2 aromatic heterocycles. The zero-order valence-corrected chi connectivity index (χ0v) is 11.9. The van der Waals surface area contributed by atoms with Gasteiger partial charge < -0.3 is 10.6 Å². The Morgan fingerprint density at radius 1 is 1.37 bits per heavy atom. The third-order valence-corrected chi connectivity index (χ3v) is 4.57. The quantitative estimate of drug-likeness (QED) is 0.910. The van der Waals surface area contributed by atoms with Crippen LogP contribution in [0.1, 0.15) is 34.9 Å². The Bertz CT molecular complexity index is 548. The second-order valence-corrected chi connectivity index (χ2v) is 6.06. The first kappa shape index (κ1) is 12.6. The van der Waals surface area contributed by atoms with Crippen LogP contribution in [0.15, 0.2) is 24.5 Å². The number of nitrogens with zero attached hydrogens (tertiary/aromatic N) is 3. The minimum Gasteiger partial charge on any atom is -0.347 e. The molecule has 100 valence electrons. The molecule has 0 saturated heterocycles. The van der Waals surface area contributed by atoms with Crippen molar-refractivity contribution >= 4 is 16.5 Å². The highest BCUT2D eigenvalue weighted by molar-refractivity contribution is 7.15. The standard InChI is InChI=1S/C14H18N4S/c1-18(9-10-4-6-16-7-5-10)14-17-13(11-2-3-11)12(8-15)19-14/h4-7,11H,2-3,8-9,15H2,1H3. The molecule has 1 saturated carbocycles. The van der Waals surface area contributed by atoms with E-state index in [-0.39, 0.29) is 0 Å². The van der Waals surface area contributed by atoms with Crippen molar-refractivity contribution in [3.63, 3.8) is 0 Å². The van der Waals surface area contributed by atoms with Crippen LogP contribution < -0.4 is 10.6 Å². The van der Waals surface area contributed by atoms with E-state index in [1.807, 2.05) is 24.5 Å². The lowest BCUT2D eigenvalue weighted by Crippen LogP contribution is -2.16. The molecule has 3 rings (SSSR count). The topological polar surface area (TPSA) is 55.0 Å². The second-order valence-electron chi connectivity index (χ2n) is 4.99. The third kappa shape index (κ3) is 2.77. The molecule has 4 nitrogen and oxygen atoms in total. The Hall–Kier alpha value is -1.46. The number of anilines is 1. The number of pyridine rings is 1. The van der Waals surface area contributed by atoms with Crippen LogP contribution in [-0.2, 0) is 13.1 Å². The normalized spacial score (nSPS) is 14.6. The van der Waals surface area contributed by atoms with Crippen LogP contribution in [0, 0.1) is 0 Å². The molecule has 1 aliphatic carbocycles. The highest BCUT2D eigenvalue weighted by atomic mass is 32.1. The Morgan fingerprint density at radius 3 is 2.74 bits per heavy atom. The minimum atomic E-state index is 0.604. The van der Waals surface area contributed by atoms with Gasteiger partial charge in [-0.25, -0.2) is 4.98 Å². The van der Waals surface area contributed by atoms with E-state index in [1.165, 1.54) is 29.0 Å². The van der Waals surface area contributed by atoms with E-state index in [4.69, 9.17) is 10.7 Å². The average Bonchev–Trinajstić information content (AvgIpc) is 3.19. The summed E-state index contributed by atoms with van der Waals surface area (Å²) < 4.78 is 0. The van der Waals surface area contributed by atoms with Crippen molar-refractivity contribution in [2.24, 2.45) is 5.73 Å². The van der Waals surface area contributed by atoms with Crippen molar-refractivity contribution in [2.75, 3.05) is 11.9 Å². The van der Waals surface area contributed by atoms with Crippen LogP contribution in [-0.4, -0.2) is 17.0 Å². The largest absolute Gasteiger partial charge is 0.347 e. The van der Waals surface area contributed by atoms with E-state index in [1.54, 1.807) is 11.3 Å². The maximum Gasteiger partial charge on any atom is 0.185 e. The number of thiazole rings is 1. The lowest BCUT2D eigenvalue weighted by atomic mass is 10.2. The van der Waals surface area contributed by atoms with Crippen molar-refractivity contribution in [3.05, 3.63) is 40.7 Å². The SMILES string of the molecule is CN(Cc1ccncc1)c1nc(C2CC2)c(CN)s1. The Kier molecular flexibility index (Phi) is 3.48. The zero-order valence-electron chi connectivity index (χ0n) is 11.0. The molecule has 0 unspecified atom stereocenters. The summed E-state index contributed by atoms with van der Waals surface area (Å²) in [5, 5.41) is 1.07. The first-order valence-electron chi connectivity index (χ1n) is 6.57. The monoisotopic (exact) mass is 274 g/mol. The maximum absolute atomic E-state index is 5.83. The van der Waals surface area contributed by atoms with E-state index in [0.717, 1.165) is 11.7 Å². The smallest absolute Gasteiger partial charge is 0.185 e. The molecule has 5 heteroatoms. The van der Waals surface area contributed by atoms with Crippen molar-refractivity contribution < 1.29 is 0 Å². The van der Waals surface area contributed by atoms with Crippen LogP contribution >= 0.6 is 11.3 Å². The van der Waals surface area contributed by atoms with Gasteiger partial charge >= 0.3 is 0 Å². The molecule has 0 radical (unpaired) electrons. The summed E-state index contributed by atoms with van der Waals surface area (Å²) in [6.07, 6.45) is 6.19. The molecule has 1 aliphatic rings. The van der Waals surface area contributed by atoms with Crippen LogP contribution in [0.2, 0.25) is 0 Å². The number of hydrogen-bond acceptors (Lipinski definition) is 5. The molecule has 0 amide bonds. The van der Waals surface area contributed by atoms with Gasteiger partial charge in [0.1, 0.15) is 0 Å². The first-order chi connectivity index (χ1) is 9.28. The van der Waals surface area contributed by atoms with Gasteiger partial charge in [-0.15, -0.1) is 11.3 Å². The van der Waals surface area contributed by atoms with Crippen LogP contribution in [0.3, 0.4) is 0 Å². The number of rotatable bonds is 5. The fraction of sp³-hybridized carbons (Fsp3) is 0.429. The van der Waals surface area contributed by atoms with E-state index in [2.05, 4.69) is 16.9 Å². The fourth-order valence-corrected chi connectivity index (χ4v) is 3.15. The summed E-state index contributed by atoms with van der Waals surface area (Å²) in [5.74, 6) is 0.665. The predicted molar refractivity (Wildman–Crippen MR) is 78.3 cm³/mol. The van der Waals surface area contributed by atoms with Crippen LogP contribution in [0.5, 0.6) is 0 Å². The summed E-state index contributed by atoms with van der Waals surface area (Å²) in [5.41, 5.74) is 8.31. The van der Waals surface area contributed by atoms with E-state index in [0.29, 0.717) is 12.5 Å². The average molecular weight is 274 g/mol. The molecular weight excluding hydrogens is 256 g/mol. The van der Waals surface area contributed by atoms with Crippen molar-refractivity contribution in [3.8, 4) is 0 Å². The molecule has 19 heavy (non-hydrogen) atoms. The van der Waals surface area contributed by atoms with Crippen LogP contribution in [0.25, 0.3) is 0 Å². The van der Waals surface area contributed by atoms with Gasteiger partial charge in [-0.3, -0.25) is 4.98 Å². The van der Waals surface area contributed by atoms with Gasteiger partial charge in [0, 0.05) is 43.3 Å². The molecule has 0 atom stereocenters. The van der Waals surface area contributed by atoms with Gasteiger partial charge in [0.25, 0.3) is 0 Å². The highest BCUT2D eigenvalue weighted by Gasteiger charge is 2.29. The van der Waals surface area contributed by atoms with Gasteiger partial charge in [0.15, 0.2) is 5.13 Å². The van der Waals surface area contributed by atoms with E-state index >= 15 is 0 Å². The van der Waals surface area contributed by atoms with Gasteiger partial charge in [-0.05, 0) is 30.5 Å². The van der Waals surface area contributed by atoms with E-state index < -0.39 is 0 Å². The van der Waals surface area contributed by atoms with E-state index in [9.17, 15) is 0 Å². The van der Waals surface area contributed by atoms with Crippen molar-refractivity contribution in [2.45, 2.75) is 31.8 Å². The van der Waals surface area contributed by atoms with Gasteiger partial charge in [0.05, 0.1) is 5.69 Å². The summed E-state index contributed by atoms with van der Waals surface area (Å²) in [6.45, 7) is 1.46. The lowest BCUT2D eigenvalue weighted by molar-refractivity contribution is 0.895. The molecule has 0 aromatic carbocycles. The molecule has 0 aliphatic heterocycles. The zero-order chi connectivity index (χ0) is 13.2. The Labute approximate surface area is 117 Å². The first-order valence-corrected chi connectivity index (χ1v) is 7.39. The molecular formula is C14H18N4S. The minimum absolute atomic E-state index is 0.604. The maximum atomic E-state index is 5.83. The second kappa shape index (κ2) is 5.27. The summed E-state index contributed by atoms with van der Waals surface area (Å²) in [4.78, 5) is 12.3. The van der Waals surface area contributed by atoms with Gasteiger partial charge in [0.2, 0.25) is 0 Å².